The second-order valence-electron chi connectivity index (χ2n) is 12.4. The molecule has 0 unspecified atom stereocenters. The number of fused-ring (bicyclic) bond motifs is 4. The minimum atomic E-state index is 0.118. The Hall–Kier alpha value is -5.54. The summed E-state index contributed by atoms with van der Waals surface area (Å²) in [6.07, 6.45) is 19.3. The van der Waals surface area contributed by atoms with Crippen molar-refractivity contribution in [3.63, 3.8) is 0 Å². The molecule has 5 aromatic rings. The average Bonchev–Trinajstić information content (AvgIpc) is 3.39. The lowest BCUT2D eigenvalue weighted by Crippen LogP contribution is -2.61. The van der Waals surface area contributed by atoms with E-state index in [2.05, 4.69) is 174 Å². The summed E-state index contributed by atoms with van der Waals surface area (Å²) in [6.45, 7) is 0.118. The SMILES string of the molecule is C1=CC(c2ccc3c(c2)B2c4ccccc4N(c4ccccc4)c4cccc(c42)N3C2=CC=C(c3ccccc3)CC=C2)=CCC1. The van der Waals surface area contributed by atoms with Gasteiger partial charge in [0.2, 0.25) is 0 Å². The Morgan fingerprint density at radius 2 is 1.26 bits per heavy atom. The largest absolute Gasteiger partial charge is 0.311 e. The summed E-state index contributed by atoms with van der Waals surface area (Å²) in [7, 11) is 0. The van der Waals surface area contributed by atoms with Crippen LogP contribution in [0.1, 0.15) is 30.4 Å². The molecule has 2 aliphatic carbocycles. The van der Waals surface area contributed by atoms with E-state index in [1.165, 1.54) is 72.8 Å². The number of allylic oxidation sites excluding steroid dienone is 9. The van der Waals surface area contributed by atoms with Gasteiger partial charge in [-0.3, -0.25) is 0 Å². The van der Waals surface area contributed by atoms with E-state index in [1.807, 2.05) is 0 Å². The summed E-state index contributed by atoms with van der Waals surface area (Å²) in [6, 6.07) is 44.5. The summed E-state index contributed by atoms with van der Waals surface area (Å²) in [5, 5.41) is 0. The summed E-state index contributed by atoms with van der Waals surface area (Å²) in [5.41, 5.74) is 16.6. The van der Waals surface area contributed by atoms with Gasteiger partial charge >= 0.3 is 0 Å². The second kappa shape index (κ2) is 11.1. The van der Waals surface area contributed by atoms with Crippen LogP contribution in [0, 0.1) is 0 Å². The summed E-state index contributed by atoms with van der Waals surface area (Å²) < 4.78 is 0. The monoisotopic (exact) mass is 588 g/mol. The average molecular weight is 589 g/mol. The topological polar surface area (TPSA) is 6.48 Å². The zero-order valence-electron chi connectivity index (χ0n) is 25.7. The lowest BCUT2D eigenvalue weighted by Gasteiger charge is -2.44. The quantitative estimate of drug-likeness (QED) is 0.190. The number of nitrogens with zero attached hydrogens (tertiary/aromatic N) is 2. The molecule has 0 bridgehead atoms. The normalized spacial score (nSPS) is 16.1. The van der Waals surface area contributed by atoms with Crippen LogP contribution in [-0.4, -0.2) is 6.71 Å². The van der Waals surface area contributed by atoms with Crippen molar-refractivity contribution in [2.24, 2.45) is 0 Å². The molecule has 3 heteroatoms. The highest BCUT2D eigenvalue weighted by Gasteiger charge is 2.43. The zero-order chi connectivity index (χ0) is 30.5. The van der Waals surface area contributed by atoms with Crippen LogP contribution in [0.5, 0.6) is 0 Å². The lowest BCUT2D eigenvalue weighted by molar-refractivity contribution is 1.04. The predicted octanol–water partition coefficient (Wildman–Crippen LogP) is 9.10. The number of para-hydroxylation sites is 2. The van der Waals surface area contributed by atoms with Crippen molar-refractivity contribution in [3.05, 3.63) is 181 Å². The molecule has 2 heterocycles. The second-order valence-corrected chi connectivity index (χ2v) is 12.4. The first-order chi connectivity index (χ1) is 22.8. The number of anilines is 5. The molecule has 0 saturated heterocycles. The van der Waals surface area contributed by atoms with Gasteiger partial charge in [0.1, 0.15) is 0 Å². The number of benzene rings is 5. The third-order valence-electron chi connectivity index (χ3n) is 9.73. The number of hydrogen-bond acceptors (Lipinski definition) is 2. The minimum Gasteiger partial charge on any atom is -0.311 e. The van der Waals surface area contributed by atoms with Crippen LogP contribution in [0.4, 0.5) is 28.4 Å². The number of rotatable bonds is 4. The third kappa shape index (κ3) is 4.35. The van der Waals surface area contributed by atoms with Crippen molar-refractivity contribution >= 4 is 62.7 Å². The summed E-state index contributed by atoms with van der Waals surface area (Å²) in [5.74, 6) is 0. The van der Waals surface area contributed by atoms with Crippen LogP contribution < -0.4 is 26.2 Å². The molecule has 2 nitrogen and oxygen atoms in total. The molecule has 0 aromatic heterocycles. The third-order valence-corrected chi connectivity index (χ3v) is 9.73. The standard InChI is InChI=1S/C43H33BN2/c1-4-14-31(15-5-1)33-18-12-21-36(28-26-33)46-40-29-27-34(32-16-6-2-7-17-32)30-38(40)44-37-22-10-11-23-39(37)45(35-19-8-3-9-20-35)41-24-13-25-42(46)43(41)44/h1,3-6,8-17,19-30H,2,7,18H2. The van der Waals surface area contributed by atoms with Gasteiger partial charge in [-0.05, 0) is 106 Å². The van der Waals surface area contributed by atoms with Gasteiger partial charge in [-0.15, -0.1) is 0 Å². The van der Waals surface area contributed by atoms with E-state index in [0.717, 1.165) is 19.3 Å². The molecule has 0 N–H and O–H groups in total. The predicted molar refractivity (Wildman–Crippen MR) is 197 cm³/mol. The Labute approximate surface area is 271 Å². The zero-order valence-corrected chi connectivity index (χ0v) is 25.7. The van der Waals surface area contributed by atoms with Gasteiger partial charge in [-0.1, -0.05) is 115 Å². The Balaban J connectivity index is 1.30. The van der Waals surface area contributed by atoms with E-state index in [-0.39, 0.29) is 6.71 Å². The molecule has 0 saturated carbocycles. The van der Waals surface area contributed by atoms with E-state index >= 15 is 0 Å². The van der Waals surface area contributed by atoms with E-state index < -0.39 is 0 Å². The molecule has 0 atom stereocenters. The van der Waals surface area contributed by atoms with Crippen LogP contribution >= 0.6 is 0 Å². The maximum Gasteiger partial charge on any atom is 0.252 e. The van der Waals surface area contributed by atoms with E-state index in [4.69, 9.17) is 0 Å². The minimum absolute atomic E-state index is 0.118. The molecular formula is C43H33BN2. The Kier molecular flexibility index (Phi) is 6.49. The van der Waals surface area contributed by atoms with Crippen molar-refractivity contribution in [2.75, 3.05) is 9.80 Å². The molecule has 0 fully saturated rings. The van der Waals surface area contributed by atoms with Crippen LogP contribution in [0.25, 0.3) is 11.1 Å². The fourth-order valence-corrected chi connectivity index (χ4v) is 7.66. The molecule has 46 heavy (non-hydrogen) atoms. The van der Waals surface area contributed by atoms with Gasteiger partial charge in [0.15, 0.2) is 0 Å². The highest BCUT2D eigenvalue weighted by atomic mass is 15.2. The summed E-state index contributed by atoms with van der Waals surface area (Å²) in [4.78, 5) is 4.95. The van der Waals surface area contributed by atoms with Crippen LogP contribution in [0.2, 0.25) is 0 Å². The van der Waals surface area contributed by atoms with E-state index in [0.29, 0.717) is 0 Å². The van der Waals surface area contributed by atoms with Crippen molar-refractivity contribution in [1.82, 2.24) is 0 Å². The lowest BCUT2D eigenvalue weighted by atomic mass is 9.33. The van der Waals surface area contributed by atoms with Gasteiger partial charge in [-0.25, -0.2) is 0 Å². The van der Waals surface area contributed by atoms with Gasteiger partial charge in [0.05, 0.1) is 0 Å². The van der Waals surface area contributed by atoms with Crippen LogP contribution in [-0.2, 0) is 0 Å². The Morgan fingerprint density at radius 3 is 2.09 bits per heavy atom. The fraction of sp³-hybridized carbons (Fsp3) is 0.0698. The maximum atomic E-state index is 2.50. The van der Waals surface area contributed by atoms with E-state index in [1.54, 1.807) is 0 Å². The summed E-state index contributed by atoms with van der Waals surface area (Å²) >= 11 is 0. The molecular weight excluding hydrogens is 555 g/mol. The molecule has 2 aliphatic heterocycles. The van der Waals surface area contributed by atoms with Gasteiger partial charge in [0.25, 0.3) is 6.71 Å². The van der Waals surface area contributed by atoms with Crippen molar-refractivity contribution < 1.29 is 0 Å². The highest BCUT2D eigenvalue weighted by Crippen LogP contribution is 2.43. The molecule has 5 aromatic carbocycles. The first kappa shape index (κ1) is 26.8. The highest BCUT2D eigenvalue weighted by molar-refractivity contribution is 7.00. The fourth-order valence-electron chi connectivity index (χ4n) is 7.66. The first-order valence-corrected chi connectivity index (χ1v) is 16.4. The van der Waals surface area contributed by atoms with Gasteiger partial charge in [0, 0.05) is 34.1 Å². The van der Waals surface area contributed by atoms with Crippen molar-refractivity contribution in [1.29, 1.82) is 0 Å². The molecule has 0 spiro atoms. The van der Waals surface area contributed by atoms with Crippen molar-refractivity contribution in [2.45, 2.75) is 19.3 Å². The molecule has 9 rings (SSSR count). The number of hydrogen-bond donors (Lipinski definition) is 0. The molecule has 0 amide bonds. The van der Waals surface area contributed by atoms with E-state index in [9.17, 15) is 0 Å². The smallest absolute Gasteiger partial charge is 0.252 e. The van der Waals surface area contributed by atoms with Crippen molar-refractivity contribution in [3.8, 4) is 0 Å². The Morgan fingerprint density at radius 1 is 0.522 bits per heavy atom. The molecule has 0 radical (unpaired) electrons. The Bertz CT molecular complexity index is 2130. The van der Waals surface area contributed by atoms with Crippen LogP contribution in [0.3, 0.4) is 0 Å². The molecule has 4 aliphatic rings. The van der Waals surface area contributed by atoms with Gasteiger partial charge in [-0.2, -0.15) is 0 Å². The molecule has 218 valence electrons. The van der Waals surface area contributed by atoms with Gasteiger partial charge < -0.3 is 9.80 Å². The van der Waals surface area contributed by atoms with Crippen LogP contribution in [0.15, 0.2) is 170 Å². The maximum absolute atomic E-state index is 2.50. The first-order valence-electron chi connectivity index (χ1n) is 16.4.